The van der Waals surface area contributed by atoms with Crippen LogP contribution in [0.5, 0.6) is 0 Å². The van der Waals surface area contributed by atoms with Crippen molar-refractivity contribution in [1.29, 1.82) is 0 Å². The summed E-state index contributed by atoms with van der Waals surface area (Å²) in [5, 5.41) is 3.58. The van der Waals surface area contributed by atoms with Gasteiger partial charge in [-0.1, -0.05) is 26.2 Å². The monoisotopic (exact) mass is 153 g/mol. The molecule has 0 aromatic heterocycles. The summed E-state index contributed by atoms with van der Waals surface area (Å²) < 4.78 is 0. The minimum atomic E-state index is 0.894. The topological polar surface area (TPSA) is 12.0 Å². The molecule has 3 unspecified atom stereocenters. The second kappa shape index (κ2) is 3.14. The Bertz CT molecular complexity index is 133. The highest BCUT2D eigenvalue weighted by molar-refractivity contribution is 4.95. The van der Waals surface area contributed by atoms with Gasteiger partial charge in [0, 0.05) is 6.04 Å². The van der Waals surface area contributed by atoms with Crippen molar-refractivity contribution in [2.45, 2.75) is 45.1 Å². The molecule has 0 spiro atoms. The predicted molar refractivity (Wildman–Crippen MR) is 47.5 cm³/mol. The van der Waals surface area contributed by atoms with Crippen molar-refractivity contribution >= 4 is 0 Å². The van der Waals surface area contributed by atoms with Crippen molar-refractivity contribution in [3.63, 3.8) is 0 Å². The van der Waals surface area contributed by atoms with Crippen molar-refractivity contribution < 1.29 is 0 Å². The van der Waals surface area contributed by atoms with Gasteiger partial charge in [0.05, 0.1) is 0 Å². The van der Waals surface area contributed by atoms with Crippen LogP contribution < -0.4 is 5.32 Å². The van der Waals surface area contributed by atoms with Gasteiger partial charge >= 0.3 is 0 Å². The predicted octanol–water partition coefficient (Wildman–Crippen LogP) is 2.17. The molecule has 1 heteroatoms. The van der Waals surface area contributed by atoms with E-state index in [-0.39, 0.29) is 0 Å². The van der Waals surface area contributed by atoms with E-state index in [1.807, 2.05) is 0 Å². The van der Waals surface area contributed by atoms with Crippen LogP contribution in [0.2, 0.25) is 0 Å². The van der Waals surface area contributed by atoms with Gasteiger partial charge in [0.1, 0.15) is 0 Å². The van der Waals surface area contributed by atoms with E-state index in [0.717, 1.165) is 24.4 Å². The molecule has 2 aliphatic rings. The van der Waals surface area contributed by atoms with Crippen molar-refractivity contribution in [2.24, 2.45) is 11.8 Å². The number of hydrogen-bond donors (Lipinski definition) is 1. The van der Waals surface area contributed by atoms with Crippen molar-refractivity contribution in [1.82, 2.24) is 5.32 Å². The number of fused-ring (bicyclic) bond motifs is 1. The zero-order valence-electron chi connectivity index (χ0n) is 7.47. The fraction of sp³-hybridized carbons (Fsp3) is 1.00. The molecule has 2 saturated carbocycles. The molecule has 1 nitrogen and oxygen atoms in total. The molecule has 1 N–H and O–H groups in total. The highest BCUT2D eigenvalue weighted by atomic mass is 14.9. The first-order chi connectivity index (χ1) is 5.42. The van der Waals surface area contributed by atoms with Gasteiger partial charge in [-0.3, -0.25) is 0 Å². The first kappa shape index (κ1) is 7.60. The minimum absolute atomic E-state index is 0.894. The van der Waals surface area contributed by atoms with Crippen LogP contribution in [0, 0.1) is 11.8 Å². The summed E-state index contributed by atoms with van der Waals surface area (Å²) in [6, 6.07) is 0.894. The van der Waals surface area contributed by atoms with Gasteiger partial charge in [-0.05, 0) is 31.2 Å². The minimum Gasteiger partial charge on any atom is -0.314 e. The average Bonchev–Trinajstić information content (AvgIpc) is 2.01. The van der Waals surface area contributed by atoms with Crippen molar-refractivity contribution in [3.05, 3.63) is 0 Å². The normalized spacial score (nSPS) is 42.8. The summed E-state index contributed by atoms with van der Waals surface area (Å²) in [7, 11) is 0. The molecule has 2 aliphatic carbocycles. The molecule has 11 heavy (non-hydrogen) atoms. The van der Waals surface area contributed by atoms with Gasteiger partial charge in [0.2, 0.25) is 0 Å². The van der Waals surface area contributed by atoms with Gasteiger partial charge < -0.3 is 5.32 Å². The van der Waals surface area contributed by atoms with Crippen molar-refractivity contribution in [2.75, 3.05) is 6.54 Å². The van der Waals surface area contributed by atoms with Gasteiger partial charge in [0.25, 0.3) is 0 Å². The second-order valence-electron chi connectivity index (χ2n) is 4.11. The lowest BCUT2D eigenvalue weighted by Crippen LogP contribution is -2.51. The van der Waals surface area contributed by atoms with Crippen LogP contribution in [0.3, 0.4) is 0 Å². The van der Waals surface area contributed by atoms with E-state index in [2.05, 4.69) is 12.2 Å². The smallest absolute Gasteiger partial charge is 0.0101 e. The molecular formula is C10H19N. The molecule has 0 aliphatic heterocycles. The van der Waals surface area contributed by atoms with Crippen molar-refractivity contribution in [3.8, 4) is 0 Å². The highest BCUT2D eigenvalue weighted by Gasteiger charge is 2.40. The zero-order valence-corrected chi connectivity index (χ0v) is 7.47. The van der Waals surface area contributed by atoms with E-state index in [0.29, 0.717) is 0 Å². The zero-order chi connectivity index (χ0) is 7.68. The Morgan fingerprint density at radius 2 is 2.09 bits per heavy atom. The lowest BCUT2D eigenvalue weighted by atomic mass is 9.62. The number of hydrogen-bond acceptors (Lipinski definition) is 1. The van der Waals surface area contributed by atoms with Crippen LogP contribution in [0.4, 0.5) is 0 Å². The fourth-order valence-corrected chi connectivity index (χ4v) is 2.86. The molecule has 64 valence electrons. The lowest BCUT2D eigenvalue weighted by Gasteiger charge is -2.48. The van der Waals surface area contributed by atoms with Gasteiger partial charge in [0.15, 0.2) is 0 Å². The van der Waals surface area contributed by atoms with Crippen LogP contribution in [-0.4, -0.2) is 12.6 Å². The third-order valence-corrected chi connectivity index (χ3v) is 3.51. The Labute approximate surface area is 69.6 Å². The van der Waals surface area contributed by atoms with Gasteiger partial charge in [-0.25, -0.2) is 0 Å². The van der Waals surface area contributed by atoms with E-state index in [1.165, 1.54) is 32.1 Å². The maximum absolute atomic E-state index is 3.58. The van der Waals surface area contributed by atoms with Crippen LogP contribution in [0.25, 0.3) is 0 Å². The Morgan fingerprint density at radius 1 is 1.27 bits per heavy atom. The molecule has 0 aromatic carbocycles. The molecule has 3 atom stereocenters. The molecule has 2 fully saturated rings. The summed E-state index contributed by atoms with van der Waals surface area (Å²) in [5.74, 6) is 2.16. The first-order valence-corrected chi connectivity index (χ1v) is 5.15. The van der Waals surface area contributed by atoms with E-state index in [1.54, 1.807) is 0 Å². The fourth-order valence-electron chi connectivity index (χ4n) is 2.86. The summed E-state index contributed by atoms with van der Waals surface area (Å²) in [6.07, 6.45) is 7.48. The molecule has 0 heterocycles. The maximum Gasteiger partial charge on any atom is 0.0101 e. The SMILES string of the molecule is CCNC1CC2CCCCC21. The van der Waals surface area contributed by atoms with E-state index in [9.17, 15) is 0 Å². The Morgan fingerprint density at radius 3 is 2.82 bits per heavy atom. The van der Waals surface area contributed by atoms with E-state index < -0.39 is 0 Å². The van der Waals surface area contributed by atoms with E-state index in [4.69, 9.17) is 0 Å². The first-order valence-electron chi connectivity index (χ1n) is 5.15. The standard InChI is InChI=1S/C10H19N/c1-2-11-10-7-8-5-3-4-6-9(8)10/h8-11H,2-7H2,1H3. The third-order valence-electron chi connectivity index (χ3n) is 3.51. The van der Waals surface area contributed by atoms with Gasteiger partial charge in [-0.15, -0.1) is 0 Å². The number of nitrogens with one attached hydrogen (secondary N) is 1. The second-order valence-corrected chi connectivity index (χ2v) is 4.11. The quantitative estimate of drug-likeness (QED) is 0.641. The molecule has 0 saturated heterocycles. The summed E-state index contributed by atoms with van der Waals surface area (Å²) in [5.41, 5.74) is 0. The summed E-state index contributed by atoms with van der Waals surface area (Å²) >= 11 is 0. The maximum atomic E-state index is 3.58. The van der Waals surface area contributed by atoms with Crippen LogP contribution in [0.15, 0.2) is 0 Å². The highest BCUT2D eigenvalue weighted by Crippen LogP contribution is 2.44. The Hall–Kier alpha value is -0.0400. The average molecular weight is 153 g/mol. The van der Waals surface area contributed by atoms with Crippen LogP contribution >= 0.6 is 0 Å². The molecule has 0 radical (unpaired) electrons. The molecule has 2 rings (SSSR count). The lowest BCUT2D eigenvalue weighted by molar-refractivity contribution is 0.0613. The Kier molecular flexibility index (Phi) is 2.17. The molecule has 0 aromatic rings. The van der Waals surface area contributed by atoms with Crippen LogP contribution in [0.1, 0.15) is 39.0 Å². The third kappa shape index (κ3) is 1.31. The van der Waals surface area contributed by atoms with Gasteiger partial charge in [-0.2, -0.15) is 0 Å². The molecule has 0 amide bonds. The summed E-state index contributed by atoms with van der Waals surface area (Å²) in [4.78, 5) is 0. The molecule has 0 bridgehead atoms. The molecular weight excluding hydrogens is 134 g/mol. The largest absolute Gasteiger partial charge is 0.314 e. The van der Waals surface area contributed by atoms with Crippen LogP contribution in [-0.2, 0) is 0 Å². The van der Waals surface area contributed by atoms with E-state index >= 15 is 0 Å². The summed E-state index contributed by atoms with van der Waals surface area (Å²) in [6.45, 7) is 3.38. The number of rotatable bonds is 2. The Balaban J connectivity index is 1.81.